The van der Waals surface area contributed by atoms with E-state index >= 15 is 0 Å². The number of nitrogens with zero attached hydrogens (tertiary/aromatic N) is 1. The Morgan fingerprint density at radius 3 is 2.68 bits per heavy atom. The standard InChI is InChI=1S/C14H19ClFNO2/c1-2-3-4-7-17(8-9-18)14(19)12-6-5-11(16)10-13(12)15/h5-6,10,18H,2-4,7-9H2,1H3. The molecule has 0 aromatic heterocycles. The zero-order chi connectivity index (χ0) is 14.3. The van der Waals surface area contributed by atoms with E-state index < -0.39 is 5.82 Å². The lowest BCUT2D eigenvalue weighted by atomic mass is 10.1. The average molecular weight is 288 g/mol. The predicted octanol–water partition coefficient (Wildman–Crippen LogP) is 3.10. The van der Waals surface area contributed by atoms with Gasteiger partial charge in [-0.05, 0) is 24.6 Å². The van der Waals surface area contributed by atoms with E-state index in [1.807, 2.05) is 0 Å². The number of aliphatic hydroxyl groups excluding tert-OH is 1. The maximum atomic E-state index is 13.0. The molecule has 0 aliphatic heterocycles. The van der Waals surface area contributed by atoms with Crippen LogP contribution in [0.25, 0.3) is 0 Å². The molecule has 0 aliphatic carbocycles. The zero-order valence-electron chi connectivity index (χ0n) is 11.0. The molecule has 1 aromatic rings. The summed E-state index contributed by atoms with van der Waals surface area (Å²) in [5.74, 6) is -0.739. The van der Waals surface area contributed by atoms with Crippen LogP contribution in [-0.2, 0) is 0 Å². The Morgan fingerprint density at radius 2 is 2.11 bits per heavy atom. The molecule has 1 aromatic carbocycles. The van der Waals surface area contributed by atoms with Crippen molar-refractivity contribution < 1.29 is 14.3 Å². The summed E-state index contributed by atoms with van der Waals surface area (Å²) >= 11 is 5.88. The van der Waals surface area contributed by atoms with E-state index in [1.165, 1.54) is 12.1 Å². The number of hydrogen-bond acceptors (Lipinski definition) is 2. The minimum Gasteiger partial charge on any atom is -0.395 e. The lowest BCUT2D eigenvalue weighted by Crippen LogP contribution is -2.34. The van der Waals surface area contributed by atoms with Crippen molar-refractivity contribution in [1.82, 2.24) is 4.90 Å². The molecule has 5 heteroatoms. The summed E-state index contributed by atoms with van der Waals surface area (Å²) in [7, 11) is 0. The average Bonchev–Trinajstić information content (AvgIpc) is 2.37. The molecule has 106 valence electrons. The predicted molar refractivity (Wildman–Crippen MR) is 73.9 cm³/mol. The number of carbonyl (C=O) groups excluding carboxylic acids is 1. The summed E-state index contributed by atoms with van der Waals surface area (Å²) in [4.78, 5) is 13.8. The summed E-state index contributed by atoms with van der Waals surface area (Å²) in [6.45, 7) is 2.81. The Hall–Kier alpha value is -1.13. The van der Waals surface area contributed by atoms with E-state index in [-0.39, 0.29) is 29.6 Å². The Balaban J connectivity index is 2.79. The number of rotatable bonds is 7. The SMILES string of the molecule is CCCCCN(CCO)C(=O)c1ccc(F)cc1Cl. The topological polar surface area (TPSA) is 40.5 Å². The summed E-state index contributed by atoms with van der Waals surface area (Å²) in [5.41, 5.74) is 0.271. The molecule has 0 heterocycles. The van der Waals surface area contributed by atoms with Crippen LogP contribution >= 0.6 is 11.6 Å². The maximum Gasteiger partial charge on any atom is 0.255 e. The van der Waals surface area contributed by atoms with E-state index in [2.05, 4.69) is 6.92 Å². The first-order chi connectivity index (χ1) is 9.10. The van der Waals surface area contributed by atoms with Gasteiger partial charge in [0.2, 0.25) is 0 Å². The van der Waals surface area contributed by atoms with Gasteiger partial charge in [-0.3, -0.25) is 4.79 Å². The third-order valence-electron chi connectivity index (χ3n) is 2.85. The molecule has 3 nitrogen and oxygen atoms in total. The van der Waals surface area contributed by atoms with E-state index in [0.29, 0.717) is 6.54 Å². The minimum atomic E-state index is -0.471. The first kappa shape index (κ1) is 15.9. The van der Waals surface area contributed by atoms with E-state index in [0.717, 1.165) is 25.3 Å². The maximum absolute atomic E-state index is 13.0. The molecule has 0 radical (unpaired) electrons. The van der Waals surface area contributed by atoms with Crippen LogP contribution in [0.2, 0.25) is 5.02 Å². The highest BCUT2D eigenvalue weighted by atomic mass is 35.5. The summed E-state index contributed by atoms with van der Waals surface area (Å²) in [5, 5.41) is 9.12. The van der Waals surface area contributed by atoms with Crippen LogP contribution in [0.15, 0.2) is 18.2 Å². The fraction of sp³-hybridized carbons (Fsp3) is 0.500. The van der Waals surface area contributed by atoms with Gasteiger partial charge in [0.25, 0.3) is 5.91 Å². The summed E-state index contributed by atoms with van der Waals surface area (Å²) < 4.78 is 13.0. The number of amides is 1. The van der Waals surface area contributed by atoms with Gasteiger partial charge in [-0.2, -0.15) is 0 Å². The molecule has 0 atom stereocenters. The van der Waals surface area contributed by atoms with Crippen LogP contribution < -0.4 is 0 Å². The van der Waals surface area contributed by atoms with E-state index in [1.54, 1.807) is 4.90 Å². The highest BCUT2D eigenvalue weighted by molar-refractivity contribution is 6.33. The quantitative estimate of drug-likeness (QED) is 0.783. The number of aliphatic hydroxyl groups is 1. The lowest BCUT2D eigenvalue weighted by molar-refractivity contribution is 0.0718. The van der Waals surface area contributed by atoms with Gasteiger partial charge in [-0.1, -0.05) is 31.4 Å². The second-order valence-corrected chi connectivity index (χ2v) is 4.75. The third-order valence-corrected chi connectivity index (χ3v) is 3.16. The summed E-state index contributed by atoms with van der Waals surface area (Å²) in [6.07, 6.45) is 2.95. The molecule has 0 bridgehead atoms. The molecule has 0 aliphatic rings. The van der Waals surface area contributed by atoms with Crippen molar-refractivity contribution in [2.75, 3.05) is 19.7 Å². The number of benzene rings is 1. The van der Waals surface area contributed by atoms with Crippen LogP contribution in [0, 0.1) is 5.82 Å². The number of unbranched alkanes of at least 4 members (excludes halogenated alkanes) is 2. The van der Waals surface area contributed by atoms with Crippen LogP contribution in [0.5, 0.6) is 0 Å². The van der Waals surface area contributed by atoms with Crippen LogP contribution in [0.1, 0.15) is 36.5 Å². The minimum absolute atomic E-state index is 0.100. The first-order valence-corrected chi connectivity index (χ1v) is 6.83. The molecule has 0 fully saturated rings. The first-order valence-electron chi connectivity index (χ1n) is 6.45. The van der Waals surface area contributed by atoms with Gasteiger partial charge < -0.3 is 10.0 Å². The smallest absolute Gasteiger partial charge is 0.255 e. The van der Waals surface area contributed by atoms with Crippen molar-refractivity contribution in [2.24, 2.45) is 0 Å². The van der Waals surface area contributed by atoms with Crippen LogP contribution in [0.3, 0.4) is 0 Å². The molecule has 19 heavy (non-hydrogen) atoms. The van der Waals surface area contributed by atoms with Crippen molar-refractivity contribution in [1.29, 1.82) is 0 Å². The molecule has 0 spiro atoms. The van der Waals surface area contributed by atoms with Gasteiger partial charge in [0.1, 0.15) is 5.82 Å². The highest BCUT2D eigenvalue weighted by Crippen LogP contribution is 2.19. The highest BCUT2D eigenvalue weighted by Gasteiger charge is 2.18. The summed E-state index contributed by atoms with van der Waals surface area (Å²) in [6, 6.07) is 3.71. The lowest BCUT2D eigenvalue weighted by Gasteiger charge is -2.22. The van der Waals surface area contributed by atoms with Crippen LogP contribution in [-0.4, -0.2) is 35.6 Å². The van der Waals surface area contributed by atoms with E-state index in [9.17, 15) is 9.18 Å². The number of hydrogen-bond donors (Lipinski definition) is 1. The van der Waals surface area contributed by atoms with Gasteiger partial charge in [-0.25, -0.2) is 4.39 Å². The Kier molecular flexibility index (Phi) is 6.81. The van der Waals surface area contributed by atoms with Crippen LogP contribution in [0.4, 0.5) is 4.39 Å². The molecular weight excluding hydrogens is 269 g/mol. The van der Waals surface area contributed by atoms with Crippen molar-refractivity contribution in [3.63, 3.8) is 0 Å². The molecule has 1 N–H and O–H groups in total. The Labute approximate surface area is 118 Å². The molecule has 1 amide bonds. The molecule has 0 saturated heterocycles. The van der Waals surface area contributed by atoms with Gasteiger partial charge in [0, 0.05) is 13.1 Å². The fourth-order valence-electron chi connectivity index (χ4n) is 1.82. The fourth-order valence-corrected chi connectivity index (χ4v) is 2.07. The normalized spacial score (nSPS) is 10.5. The van der Waals surface area contributed by atoms with Crippen molar-refractivity contribution in [2.45, 2.75) is 26.2 Å². The number of halogens is 2. The van der Waals surface area contributed by atoms with Crippen molar-refractivity contribution in [3.8, 4) is 0 Å². The zero-order valence-corrected chi connectivity index (χ0v) is 11.8. The van der Waals surface area contributed by atoms with Crippen molar-refractivity contribution >= 4 is 17.5 Å². The monoisotopic (exact) mass is 287 g/mol. The second kappa shape index (κ2) is 8.12. The Bertz CT molecular complexity index is 426. The molecule has 0 saturated carbocycles. The van der Waals surface area contributed by atoms with Gasteiger partial charge in [0.15, 0.2) is 0 Å². The molecule has 1 rings (SSSR count). The van der Waals surface area contributed by atoms with Gasteiger partial charge >= 0.3 is 0 Å². The molecular formula is C14H19ClFNO2. The number of carbonyl (C=O) groups is 1. The largest absolute Gasteiger partial charge is 0.395 e. The second-order valence-electron chi connectivity index (χ2n) is 4.35. The third kappa shape index (κ3) is 4.80. The molecule has 0 unspecified atom stereocenters. The van der Waals surface area contributed by atoms with Gasteiger partial charge in [0.05, 0.1) is 17.2 Å². The van der Waals surface area contributed by atoms with E-state index in [4.69, 9.17) is 16.7 Å². The Morgan fingerprint density at radius 1 is 1.37 bits per heavy atom. The van der Waals surface area contributed by atoms with Gasteiger partial charge in [-0.15, -0.1) is 0 Å². The van der Waals surface area contributed by atoms with Crippen molar-refractivity contribution in [3.05, 3.63) is 34.6 Å².